The van der Waals surface area contributed by atoms with Gasteiger partial charge in [0.1, 0.15) is 5.69 Å². The number of ether oxygens (including phenoxy) is 1. The number of nitrogens with zero attached hydrogens (tertiary/aromatic N) is 3. The van der Waals surface area contributed by atoms with Gasteiger partial charge < -0.3 is 10.1 Å². The SMILES string of the molecule is CCn1nc(C(C)C)cc1C(=O)NCC(C)(C)N1CC(C)OC(C)C1. The van der Waals surface area contributed by atoms with Crippen LogP contribution in [0.1, 0.15) is 70.6 Å². The van der Waals surface area contributed by atoms with Crippen molar-refractivity contribution in [1.29, 1.82) is 0 Å². The number of hydrogen-bond donors (Lipinski definition) is 1. The smallest absolute Gasteiger partial charge is 0.269 e. The van der Waals surface area contributed by atoms with Gasteiger partial charge in [-0.05, 0) is 46.6 Å². The summed E-state index contributed by atoms with van der Waals surface area (Å²) in [6.07, 6.45) is 0.433. The van der Waals surface area contributed by atoms with Crippen LogP contribution in [0, 0.1) is 0 Å². The molecule has 1 amide bonds. The maximum absolute atomic E-state index is 12.7. The average Bonchev–Trinajstić information content (AvgIpc) is 2.96. The van der Waals surface area contributed by atoms with Crippen LogP contribution in [0.2, 0.25) is 0 Å². The molecule has 6 nitrogen and oxygen atoms in total. The van der Waals surface area contributed by atoms with E-state index in [-0.39, 0.29) is 23.7 Å². The fourth-order valence-corrected chi connectivity index (χ4v) is 3.31. The number of aryl methyl sites for hydroxylation is 1. The summed E-state index contributed by atoms with van der Waals surface area (Å²) in [5.41, 5.74) is 1.48. The van der Waals surface area contributed by atoms with E-state index in [1.807, 2.05) is 13.0 Å². The molecule has 2 atom stereocenters. The minimum atomic E-state index is -0.125. The Morgan fingerprint density at radius 3 is 2.48 bits per heavy atom. The predicted molar refractivity (Wildman–Crippen MR) is 100.0 cm³/mol. The van der Waals surface area contributed by atoms with E-state index >= 15 is 0 Å². The Bertz CT molecular complexity index is 584. The maximum Gasteiger partial charge on any atom is 0.269 e. The lowest BCUT2D eigenvalue weighted by molar-refractivity contribution is -0.0948. The van der Waals surface area contributed by atoms with Crippen molar-refractivity contribution in [2.75, 3.05) is 19.6 Å². The monoisotopic (exact) mass is 350 g/mol. The van der Waals surface area contributed by atoms with E-state index in [2.05, 4.69) is 56.9 Å². The van der Waals surface area contributed by atoms with Crippen LogP contribution in [0.3, 0.4) is 0 Å². The highest BCUT2D eigenvalue weighted by atomic mass is 16.5. The second kappa shape index (κ2) is 7.87. The molecule has 2 rings (SSSR count). The zero-order valence-corrected chi connectivity index (χ0v) is 16.8. The molecule has 0 spiro atoms. The molecule has 1 aliphatic rings. The third-order valence-corrected chi connectivity index (χ3v) is 4.88. The number of nitrogens with one attached hydrogen (secondary N) is 1. The summed E-state index contributed by atoms with van der Waals surface area (Å²) in [5, 5.41) is 7.64. The Labute approximate surface area is 151 Å². The van der Waals surface area contributed by atoms with Gasteiger partial charge in [-0.15, -0.1) is 0 Å². The molecule has 142 valence electrons. The van der Waals surface area contributed by atoms with Crippen molar-refractivity contribution in [2.24, 2.45) is 0 Å². The summed E-state index contributed by atoms with van der Waals surface area (Å²) in [6.45, 7) is 17.8. The van der Waals surface area contributed by atoms with Gasteiger partial charge in [-0.3, -0.25) is 14.4 Å². The molecule has 0 bridgehead atoms. The summed E-state index contributed by atoms with van der Waals surface area (Å²) in [5.74, 6) is 0.260. The van der Waals surface area contributed by atoms with Crippen LogP contribution in [0.5, 0.6) is 0 Å². The van der Waals surface area contributed by atoms with E-state index in [0.717, 1.165) is 18.8 Å². The lowest BCUT2D eigenvalue weighted by Crippen LogP contribution is -2.58. The third-order valence-electron chi connectivity index (χ3n) is 4.88. The Morgan fingerprint density at radius 2 is 1.96 bits per heavy atom. The molecule has 1 fully saturated rings. The Balaban J connectivity index is 2.03. The van der Waals surface area contributed by atoms with Gasteiger partial charge in [0.25, 0.3) is 5.91 Å². The second-order valence-corrected chi connectivity index (χ2v) is 8.08. The fraction of sp³-hybridized carbons (Fsp3) is 0.789. The average molecular weight is 351 g/mol. The highest BCUT2D eigenvalue weighted by molar-refractivity contribution is 5.92. The Hall–Kier alpha value is -1.40. The summed E-state index contributed by atoms with van der Waals surface area (Å²) in [6, 6.07) is 1.91. The summed E-state index contributed by atoms with van der Waals surface area (Å²) in [4.78, 5) is 15.1. The van der Waals surface area contributed by atoms with Gasteiger partial charge in [0, 0.05) is 31.7 Å². The van der Waals surface area contributed by atoms with Crippen molar-refractivity contribution in [3.05, 3.63) is 17.5 Å². The molecule has 6 heteroatoms. The largest absolute Gasteiger partial charge is 0.373 e. The van der Waals surface area contributed by atoms with Crippen molar-refractivity contribution in [2.45, 2.75) is 78.7 Å². The van der Waals surface area contributed by atoms with Gasteiger partial charge in [0.15, 0.2) is 0 Å². The number of hydrogen-bond acceptors (Lipinski definition) is 4. The minimum absolute atomic E-state index is 0.0521. The standard InChI is InChI=1S/C19H34N4O2/c1-8-23-17(9-16(21-23)13(2)3)18(24)20-12-19(6,7)22-10-14(4)25-15(5)11-22/h9,13-15H,8,10-12H2,1-7H3,(H,20,24). The molecular weight excluding hydrogens is 316 g/mol. The first-order chi connectivity index (χ1) is 11.6. The van der Waals surface area contributed by atoms with Gasteiger partial charge in [0.2, 0.25) is 0 Å². The molecule has 2 unspecified atom stereocenters. The van der Waals surface area contributed by atoms with Crippen LogP contribution in [-0.2, 0) is 11.3 Å². The van der Waals surface area contributed by atoms with Crippen molar-refractivity contribution < 1.29 is 9.53 Å². The van der Waals surface area contributed by atoms with Crippen molar-refractivity contribution in [3.8, 4) is 0 Å². The van der Waals surface area contributed by atoms with Crippen molar-refractivity contribution in [3.63, 3.8) is 0 Å². The number of carbonyl (C=O) groups excluding carboxylic acids is 1. The first-order valence-electron chi connectivity index (χ1n) is 9.40. The zero-order chi connectivity index (χ0) is 18.8. The number of aromatic nitrogens is 2. The first kappa shape index (κ1) is 19.9. The van der Waals surface area contributed by atoms with Gasteiger partial charge in [-0.25, -0.2) is 0 Å². The fourth-order valence-electron chi connectivity index (χ4n) is 3.31. The van der Waals surface area contributed by atoms with Gasteiger partial charge in [-0.1, -0.05) is 13.8 Å². The quantitative estimate of drug-likeness (QED) is 0.857. The summed E-state index contributed by atoms with van der Waals surface area (Å²) in [7, 11) is 0. The van der Waals surface area contributed by atoms with Gasteiger partial charge >= 0.3 is 0 Å². The molecule has 2 heterocycles. The van der Waals surface area contributed by atoms with Crippen molar-refractivity contribution in [1.82, 2.24) is 20.0 Å². The lowest BCUT2D eigenvalue weighted by atomic mass is 10.00. The second-order valence-electron chi connectivity index (χ2n) is 8.08. The molecule has 1 aromatic rings. The van der Waals surface area contributed by atoms with Gasteiger partial charge in [-0.2, -0.15) is 5.10 Å². The molecule has 0 aromatic carbocycles. The van der Waals surface area contributed by atoms with Crippen LogP contribution in [0.25, 0.3) is 0 Å². The molecule has 25 heavy (non-hydrogen) atoms. The normalized spacial score (nSPS) is 22.4. The number of morpholine rings is 1. The zero-order valence-electron chi connectivity index (χ0n) is 16.8. The summed E-state index contributed by atoms with van der Waals surface area (Å²) < 4.78 is 7.61. The molecule has 0 aliphatic carbocycles. The number of amides is 1. The Morgan fingerprint density at radius 1 is 1.36 bits per heavy atom. The molecule has 0 radical (unpaired) electrons. The number of carbonyl (C=O) groups is 1. The maximum atomic E-state index is 12.7. The molecule has 1 aliphatic heterocycles. The third kappa shape index (κ3) is 4.82. The highest BCUT2D eigenvalue weighted by Gasteiger charge is 2.33. The van der Waals surface area contributed by atoms with E-state index < -0.39 is 0 Å². The molecule has 1 saturated heterocycles. The molecular formula is C19H34N4O2. The van der Waals surface area contributed by atoms with Crippen LogP contribution < -0.4 is 5.32 Å². The van der Waals surface area contributed by atoms with Crippen LogP contribution in [0.4, 0.5) is 0 Å². The predicted octanol–water partition coefficient (Wildman–Crippen LogP) is 2.64. The van der Waals surface area contributed by atoms with Crippen LogP contribution in [0.15, 0.2) is 6.07 Å². The molecule has 1 aromatic heterocycles. The van der Waals surface area contributed by atoms with E-state index in [9.17, 15) is 4.79 Å². The van der Waals surface area contributed by atoms with E-state index in [4.69, 9.17) is 4.74 Å². The first-order valence-corrected chi connectivity index (χ1v) is 9.40. The molecule has 0 saturated carbocycles. The lowest BCUT2D eigenvalue weighted by Gasteiger charge is -2.45. The van der Waals surface area contributed by atoms with Crippen LogP contribution >= 0.6 is 0 Å². The minimum Gasteiger partial charge on any atom is -0.373 e. The topological polar surface area (TPSA) is 59.4 Å². The van der Waals surface area contributed by atoms with E-state index in [0.29, 0.717) is 24.7 Å². The van der Waals surface area contributed by atoms with E-state index in [1.165, 1.54) is 0 Å². The van der Waals surface area contributed by atoms with Crippen molar-refractivity contribution >= 4 is 5.91 Å². The molecule has 1 N–H and O–H groups in total. The number of rotatable bonds is 6. The van der Waals surface area contributed by atoms with Gasteiger partial charge in [0.05, 0.1) is 17.9 Å². The highest BCUT2D eigenvalue weighted by Crippen LogP contribution is 2.21. The Kier molecular flexibility index (Phi) is 6.27. The summed E-state index contributed by atoms with van der Waals surface area (Å²) >= 11 is 0. The van der Waals surface area contributed by atoms with E-state index in [1.54, 1.807) is 4.68 Å². The van der Waals surface area contributed by atoms with Crippen LogP contribution in [-0.4, -0.2) is 58.0 Å².